The van der Waals surface area contributed by atoms with E-state index in [-0.39, 0.29) is 12.0 Å². The summed E-state index contributed by atoms with van der Waals surface area (Å²) < 4.78 is 0. The zero-order chi connectivity index (χ0) is 29.2. The Balaban J connectivity index is 0. The van der Waals surface area contributed by atoms with Gasteiger partial charge in [0.2, 0.25) is 0 Å². The van der Waals surface area contributed by atoms with Crippen LogP contribution in [-0.4, -0.2) is 33.9 Å². The van der Waals surface area contributed by atoms with Crippen LogP contribution in [0.15, 0.2) is 12.2 Å². The quantitative estimate of drug-likeness (QED) is 0.175. The van der Waals surface area contributed by atoms with Crippen molar-refractivity contribution < 1.29 is 10.2 Å². The lowest BCUT2D eigenvalue weighted by Crippen LogP contribution is -2.17. The van der Waals surface area contributed by atoms with E-state index in [0.717, 1.165) is 22.3 Å². The molecule has 3 heteroatoms. The molecule has 0 aromatic carbocycles. The van der Waals surface area contributed by atoms with Crippen LogP contribution in [-0.2, 0) is 0 Å². The van der Waals surface area contributed by atoms with Gasteiger partial charge in [0.25, 0.3) is 0 Å². The number of aliphatic hydroxyl groups excluding tert-OH is 2. The molecule has 1 saturated heterocycles. The van der Waals surface area contributed by atoms with Gasteiger partial charge in [0.15, 0.2) is 0 Å². The van der Waals surface area contributed by atoms with Crippen LogP contribution in [0.2, 0.25) is 0 Å². The molecule has 2 N–H and O–H groups in total. The lowest BCUT2D eigenvalue weighted by atomic mass is 9.79. The van der Waals surface area contributed by atoms with E-state index in [0.29, 0.717) is 12.5 Å². The minimum absolute atomic E-state index is 0.0972. The van der Waals surface area contributed by atoms with Gasteiger partial charge < -0.3 is 10.2 Å². The average molecular weight is 557 g/mol. The highest BCUT2D eigenvalue weighted by molar-refractivity contribution is 8.00. The first-order valence-electron chi connectivity index (χ1n) is 16.8. The van der Waals surface area contributed by atoms with Crippen molar-refractivity contribution in [1.82, 2.24) is 0 Å². The monoisotopic (exact) mass is 557 g/mol. The Labute approximate surface area is 245 Å². The van der Waals surface area contributed by atoms with Crippen LogP contribution in [0.1, 0.15) is 165 Å². The van der Waals surface area contributed by atoms with Crippen LogP contribution in [0.3, 0.4) is 0 Å². The van der Waals surface area contributed by atoms with E-state index in [9.17, 15) is 0 Å². The van der Waals surface area contributed by atoms with Gasteiger partial charge in [0, 0.05) is 23.7 Å². The summed E-state index contributed by atoms with van der Waals surface area (Å²) in [6.45, 7) is 19.1. The van der Waals surface area contributed by atoms with Gasteiger partial charge in [-0.1, -0.05) is 139 Å². The highest BCUT2D eigenvalue weighted by Gasteiger charge is 2.23. The number of aliphatic hydroxyl groups is 2. The average Bonchev–Trinajstić information content (AvgIpc) is 2.95. The third-order valence-electron chi connectivity index (χ3n) is 7.53. The van der Waals surface area contributed by atoms with Gasteiger partial charge in [0.05, 0.1) is 0 Å². The molecule has 1 saturated carbocycles. The second-order valence-corrected chi connectivity index (χ2v) is 14.1. The number of unbranched alkanes of at least 4 members (excludes halogenated alkanes) is 4. The Bertz CT molecular complexity index is 499. The molecule has 1 heterocycles. The third-order valence-corrected chi connectivity index (χ3v) is 9.13. The lowest BCUT2D eigenvalue weighted by molar-refractivity contribution is 0.177. The molecule has 5 unspecified atom stereocenters. The van der Waals surface area contributed by atoms with E-state index < -0.39 is 0 Å². The van der Waals surface area contributed by atoms with Crippen molar-refractivity contribution >= 4 is 11.8 Å². The highest BCUT2D eigenvalue weighted by atomic mass is 32.2. The van der Waals surface area contributed by atoms with Crippen LogP contribution in [0.4, 0.5) is 0 Å². The molecule has 5 atom stereocenters. The third kappa shape index (κ3) is 23.9. The fourth-order valence-electron chi connectivity index (χ4n) is 5.15. The van der Waals surface area contributed by atoms with Gasteiger partial charge in [-0.3, -0.25) is 0 Å². The van der Waals surface area contributed by atoms with Crippen molar-refractivity contribution in [3.05, 3.63) is 12.2 Å². The SMILES string of the molecule is CC.CC.CC(C)(C)CO.CCCCCCC1CCCC(/C=C\C2CCCC(CCCCC(C)CO)S2)C1. The van der Waals surface area contributed by atoms with Crippen molar-refractivity contribution in [3.63, 3.8) is 0 Å². The Kier molecular flexibility index (Phi) is 28.7. The summed E-state index contributed by atoms with van der Waals surface area (Å²) >= 11 is 2.27. The van der Waals surface area contributed by atoms with Crippen LogP contribution in [0, 0.1) is 23.2 Å². The predicted octanol–water partition coefficient (Wildman–Crippen LogP) is 11.2. The minimum Gasteiger partial charge on any atom is -0.396 e. The minimum atomic E-state index is 0.0972. The molecule has 0 spiro atoms. The first-order valence-corrected chi connectivity index (χ1v) is 17.8. The lowest BCUT2D eigenvalue weighted by Gasteiger charge is -2.29. The standard InChI is InChI=1S/C26H48OS.C5H12O.2C2H6/c1-3-4-5-6-12-23-13-9-14-24(20-23)18-19-26-17-10-16-25(28-26)15-8-7-11-22(2)21-27;1-5(2,3)4-6;2*1-2/h18-19,22-27H,3-17,20-21H2,1-2H3;6H,4H2,1-3H3;2*1-2H3/b19-18-;;;. The Hall–Kier alpha value is 0.01000. The van der Waals surface area contributed by atoms with Crippen molar-refractivity contribution in [1.29, 1.82) is 0 Å². The van der Waals surface area contributed by atoms with Gasteiger partial charge in [-0.2, -0.15) is 11.8 Å². The van der Waals surface area contributed by atoms with Gasteiger partial charge >= 0.3 is 0 Å². The molecule has 2 aliphatic rings. The molecular weight excluding hydrogens is 484 g/mol. The molecule has 2 rings (SSSR count). The molecule has 2 fully saturated rings. The Morgan fingerprint density at radius 3 is 2.05 bits per heavy atom. The van der Waals surface area contributed by atoms with Crippen LogP contribution < -0.4 is 0 Å². The fraction of sp³-hybridized carbons (Fsp3) is 0.943. The maximum Gasteiger partial charge on any atom is 0.0479 e. The second-order valence-electron chi connectivity index (χ2n) is 12.5. The van der Waals surface area contributed by atoms with Gasteiger partial charge in [-0.25, -0.2) is 0 Å². The van der Waals surface area contributed by atoms with Crippen molar-refractivity contribution in [3.8, 4) is 0 Å². The second kappa shape index (κ2) is 27.2. The zero-order valence-corrected chi connectivity index (χ0v) is 28.4. The number of hydrogen-bond donors (Lipinski definition) is 2. The summed E-state index contributed by atoms with van der Waals surface area (Å²) in [6, 6.07) is 0. The molecule has 0 aromatic heterocycles. The molecule has 38 heavy (non-hydrogen) atoms. The van der Waals surface area contributed by atoms with E-state index in [2.05, 4.69) is 37.8 Å². The summed E-state index contributed by atoms with van der Waals surface area (Å²) in [5.41, 5.74) is 0.0972. The maximum absolute atomic E-state index is 9.15. The fourth-order valence-corrected chi connectivity index (χ4v) is 6.73. The largest absolute Gasteiger partial charge is 0.396 e. The van der Waals surface area contributed by atoms with Gasteiger partial charge in [-0.15, -0.1) is 0 Å². The molecule has 0 bridgehead atoms. The molecular formula is C35H72O2S. The van der Waals surface area contributed by atoms with Crippen LogP contribution in [0.25, 0.3) is 0 Å². The summed E-state index contributed by atoms with van der Waals surface area (Å²) in [4.78, 5) is 0. The summed E-state index contributed by atoms with van der Waals surface area (Å²) in [6.07, 6.45) is 27.7. The van der Waals surface area contributed by atoms with Crippen LogP contribution >= 0.6 is 11.8 Å². The van der Waals surface area contributed by atoms with Crippen LogP contribution in [0.5, 0.6) is 0 Å². The Morgan fingerprint density at radius 2 is 1.45 bits per heavy atom. The zero-order valence-electron chi connectivity index (χ0n) is 27.6. The van der Waals surface area contributed by atoms with E-state index in [1.807, 2.05) is 48.5 Å². The van der Waals surface area contributed by atoms with Crippen molar-refractivity contribution in [2.45, 2.75) is 176 Å². The summed E-state index contributed by atoms with van der Waals surface area (Å²) in [7, 11) is 0. The smallest absolute Gasteiger partial charge is 0.0479 e. The van der Waals surface area contributed by atoms with Gasteiger partial charge in [0.1, 0.15) is 0 Å². The number of hydrogen-bond acceptors (Lipinski definition) is 3. The number of thioether (sulfide) groups is 1. The molecule has 1 aliphatic heterocycles. The normalized spacial score (nSPS) is 24.3. The first kappa shape index (κ1) is 40.2. The van der Waals surface area contributed by atoms with Gasteiger partial charge in [-0.05, 0) is 61.7 Å². The van der Waals surface area contributed by atoms with Crippen molar-refractivity contribution in [2.75, 3.05) is 13.2 Å². The maximum atomic E-state index is 9.15. The molecule has 0 radical (unpaired) electrons. The molecule has 0 aromatic rings. The topological polar surface area (TPSA) is 40.5 Å². The Morgan fingerprint density at radius 1 is 0.816 bits per heavy atom. The molecule has 2 nitrogen and oxygen atoms in total. The summed E-state index contributed by atoms with van der Waals surface area (Å²) in [5, 5.41) is 19.2. The van der Waals surface area contributed by atoms with E-state index in [1.165, 1.54) is 103 Å². The highest BCUT2D eigenvalue weighted by Crippen LogP contribution is 2.37. The first-order chi connectivity index (χ1) is 18.3. The van der Waals surface area contributed by atoms with E-state index in [4.69, 9.17) is 10.2 Å². The van der Waals surface area contributed by atoms with E-state index in [1.54, 1.807) is 0 Å². The van der Waals surface area contributed by atoms with Crippen molar-refractivity contribution in [2.24, 2.45) is 23.2 Å². The predicted molar refractivity (Wildman–Crippen MR) is 176 cm³/mol. The van der Waals surface area contributed by atoms with E-state index >= 15 is 0 Å². The molecule has 1 aliphatic carbocycles. The summed E-state index contributed by atoms with van der Waals surface area (Å²) in [5.74, 6) is 2.36. The number of allylic oxidation sites excluding steroid dienone is 1. The molecule has 230 valence electrons. The number of rotatable bonds is 13. The molecule has 0 amide bonds.